The molecule has 0 radical (unpaired) electrons. The molecule has 0 spiro atoms. The summed E-state index contributed by atoms with van der Waals surface area (Å²) in [6, 6.07) is 12.7. The van der Waals surface area contributed by atoms with E-state index < -0.39 is 25.1 Å². The van der Waals surface area contributed by atoms with Crippen LogP contribution in [0.1, 0.15) is 31.2 Å². The van der Waals surface area contributed by atoms with Crippen molar-refractivity contribution in [1.29, 1.82) is 0 Å². The van der Waals surface area contributed by atoms with E-state index in [0.29, 0.717) is 36.3 Å². The second-order valence-corrected chi connectivity index (χ2v) is 11.9. The molecule has 0 saturated carbocycles. The largest absolute Gasteiger partial charge is 0.496 e. The summed E-state index contributed by atoms with van der Waals surface area (Å²) in [5.74, 6) is 0.639. The summed E-state index contributed by atoms with van der Waals surface area (Å²) < 4.78 is 59.6. The molecule has 2 atom stereocenters. The quantitative estimate of drug-likeness (QED) is 0.721. The van der Waals surface area contributed by atoms with Crippen LogP contribution in [-0.2, 0) is 19.9 Å². The lowest BCUT2D eigenvalue weighted by Crippen LogP contribution is -2.49. The molecule has 2 unspecified atom stereocenters. The number of methoxy groups -OCH3 is 1. The molecule has 0 amide bonds. The molecule has 2 aromatic rings. The van der Waals surface area contributed by atoms with Gasteiger partial charge in [0.25, 0.3) is 0 Å². The zero-order valence-electron chi connectivity index (χ0n) is 16.5. The topological polar surface area (TPSA) is 80.8 Å². The van der Waals surface area contributed by atoms with Gasteiger partial charge in [-0.05, 0) is 68.5 Å². The molecule has 156 valence electrons. The van der Waals surface area contributed by atoms with E-state index in [1.54, 1.807) is 59.9 Å². The highest BCUT2D eigenvalue weighted by molar-refractivity contribution is 7.92. The average Bonchev–Trinajstić information content (AvgIpc) is 2.99. The Balaban J connectivity index is 1.62. The van der Waals surface area contributed by atoms with Crippen LogP contribution in [0.25, 0.3) is 0 Å². The van der Waals surface area contributed by atoms with Crippen LogP contribution in [0.15, 0.2) is 58.3 Å². The second kappa shape index (κ2) is 7.41. The fourth-order valence-electron chi connectivity index (χ4n) is 4.67. The maximum Gasteiger partial charge on any atom is 0.243 e. The highest BCUT2D eigenvalue weighted by Gasteiger charge is 2.50. The highest BCUT2D eigenvalue weighted by atomic mass is 32.2. The third kappa shape index (κ3) is 3.47. The van der Waals surface area contributed by atoms with Gasteiger partial charge in [-0.25, -0.2) is 16.8 Å². The zero-order chi connectivity index (χ0) is 20.8. The summed E-state index contributed by atoms with van der Waals surface area (Å²) in [6.07, 6.45) is 2.06. The van der Waals surface area contributed by atoms with E-state index in [4.69, 9.17) is 4.74 Å². The molecule has 2 aliphatic heterocycles. The Morgan fingerprint density at radius 1 is 0.897 bits per heavy atom. The highest BCUT2D eigenvalue weighted by Crippen LogP contribution is 2.43. The Morgan fingerprint density at radius 3 is 2.07 bits per heavy atom. The number of benzene rings is 2. The van der Waals surface area contributed by atoms with E-state index in [0.717, 1.165) is 5.56 Å². The Labute approximate surface area is 172 Å². The van der Waals surface area contributed by atoms with Gasteiger partial charge < -0.3 is 4.74 Å². The molecule has 2 bridgehead atoms. The number of hydrogen-bond acceptors (Lipinski definition) is 5. The molecule has 2 fully saturated rings. The monoisotopic (exact) mass is 435 g/mol. The van der Waals surface area contributed by atoms with Crippen molar-refractivity contribution in [2.75, 3.05) is 7.11 Å². The second-order valence-electron chi connectivity index (χ2n) is 7.80. The van der Waals surface area contributed by atoms with E-state index in [-0.39, 0.29) is 17.0 Å². The van der Waals surface area contributed by atoms with Crippen LogP contribution in [0.5, 0.6) is 5.75 Å². The molecule has 4 rings (SSSR count). The summed E-state index contributed by atoms with van der Waals surface area (Å²) >= 11 is 0. The van der Waals surface area contributed by atoms with Crippen molar-refractivity contribution in [3.8, 4) is 5.75 Å². The first-order valence-corrected chi connectivity index (χ1v) is 12.7. The van der Waals surface area contributed by atoms with Crippen LogP contribution >= 0.6 is 0 Å². The van der Waals surface area contributed by atoms with Crippen molar-refractivity contribution in [3.63, 3.8) is 0 Å². The lowest BCUT2D eigenvalue weighted by molar-refractivity contribution is 0.249. The molecule has 2 aliphatic rings. The molecule has 8 heteroatoms. The predicted octanol–water partition coefficient (Wildman–Crippen LogP) is 3.16. The summed E-state index contributed by atoms with van der Waals surface area (Å²) in [5.41, 5.74) is 0.752. The van der Waals surface area contributed by atoms with Crippen LogP contribution in [0, 0.1) is 6.92 Å². The number of fused-ring (bicyclic) bond motifs is 2. The molecule has 6 nitrogen and oxygen atoms in total. The van der Waals surface area contributed by atoms with Gasteiger partial charge in [0.1, 0.15) is 5.75 Å². The molecule has 29 heavy (non-hydrogen) atoms. The molecule has 2 saturated heterocycles. The molecule has 0 aliphatic carbocycles. The minimum Gasteiger partial charge on any atom is -0.496 e. The maximum atomic E-state index is 13.4. The normalized spacial score (nSPS) is 25.1. The van der Waals surface area contributed by atoms with Gasteiger partial charge in [0.15, 0.2) is 9.84 Å². The average molecular weight is 436 g/mol. The molecule has 2 aromatic carbocycles. The lowest BCUT2D eigenvalue weighted by atomic mass is 10.1. The molecule has 2 heterocycles. The van der Waals surface area contributed by atoms with Gasteiger partial charge in [0.05, 0.1) is 22.2 Å². The minimum absolute atomic E-state index is 0.233. The third-order valence-electron chi connectivity index (χ3n) is 6.08. The standard InChI is InChI=1S/C21H25NO5S2/c1-15-12-19(10-11-21(15)27-2)29(25,26)22-16-8-9-17(22)14-20(13-16)28(23,24)18-6-4-3-5-7-18/h3-7,10-12,16-17,20H,8-9,13-14H2,1-2H3. The van der Waals surface area contributed by atoms with Gasteiger partial charge in [-0.3, -0.25) is 0 Å². The van der Waals surface area contributed by atoms with Crippen LogP contribution in [0.4, 0.5) is 0 Å². The van der Waals surface area contributed by atoms with Crippen molar-refractivity contribution in [2.45, 2.75) is 59.7 Å². The van der Waals surface area contributed by atoms with E-state index in [1.165, 1.54) is 0 Å². The Hall–Kier alpha value is -1.90. The van der Waals surface area contributed by atoms with Gasteiger partial charge in [-0.1, -0.05) is 18.2 Å². The number of nitrogens with zero attached hydrogens (tertiary/aromatic N) is 1. The summed E-state index contributed by atoms with van der Waals surface area (Å²) in [6.45, 7) is 1.81. The van der Waals surface area contributed by atoms with Crippen LogP contribution in [0.2, 0.25) is 0 Å². The Morgan fingerprint density at radius 2 is 1.52 bits per heavy atom. The van der Waals surface area contributed by atoms with E-state index in [9.17, 15) is 16.8 Å². The van der Waals surface area contributed by atoms with Crippen LogP contribution in [0.3, 0.4) is 0 Å². The van der Waals surface area contributed by atoms with Crippen molar-refractivity contribution >= 4 is 19.9 Å². The minimum atomic E-state index is -3.70. The van der Waals surface area contributed by atoms with Crippen molar-refractivity contribution in [3.05, 3.63) is 54.1 Å². The van der Waals surface area contributed by atoms with Gasteiger partial charge in [0, 0.05) is 12.1 Å². The number of piperidine rings is 1. The number of sulfone groups is 1. The molecular weight excluding hydrogens is 410 g/mol. The summed E-state index contributed by atoms with van der Waals surface area (Å²) in [4.78, 5) is 0.545. The zero-order valence-corrected chi connectivity index (χ0v) is 18.1. The first kappa shape index (κ1) is 20.4. The van der Waals surface area contributed by atoms with Gasteiger partial charge >= 0.3 is 0 Å². The van der Waals surface area contributed by atoms with Gasteiger partial charge in [-0.15, -0.1) is 0 Å². The van der Waals surface area contributed by atoms with Crippen molar-refractivity contribution < 1.29 is 21.6 Å². The number of hydrogen-bond donors (Lipinski definition) is 0. The smallest absolute Gasteiger partial charge is 0.243 e. The summed E-state index contributed by atoms with van der Waals surface area (Å²) in [5, 5.41) is -0.550. The molecule has 0 aromatic heterocycles. The lowest BCUT2D eigenvalue weighted by Gasteiger charge is -2.37. The fraction of sp³-hybridized carbons (Fsp3) is 0.429. The number of aryl methyl sites for hydroxylation is 1. The predicted molar refractivity (Wildman–Crippen MR) is 110 cm³/mol. The summed E-state index contributed by atoms with van der Waals surface area (Å²) in [7, 11) is -5.62. The molecule has 0 N–H and O–H groups in total. The van der Waals surface area contributed by atoms with Crippen LogP contribution in [-0.4, -0.2) is 45.6 Å². The van der Waals surface area contributed by atoms with Crippen LogP contribution < -0.4 is 4.74 Å². The van der Waals surface area contributed by atoms with Crippen molar-refractivity contribution in [2.24, 2.45) is 0 Å². The van der Waals surface area contributed by atoms with E-state index >= 15 is 0 Å². The maximum absolute atomic E-state index is 13.4. The van der Waals surface area contributed by atoms with Gasteiger partial charge in [0.2, 0.25) is 10.0 Å². The van der Waals surface area contributed by atoms with E-state index in [1.807, 2.05) is 6.92 Å². The fourth-order valence-corrected chi connectivity index (χ4v) is 8.52. The van der Waals surface area contributed by atoms with Crippen molar-refractivity contribution in [1.82, 2.24) is 4.31 Å². The van der Waals surface area contributed by atoms with E-state index in [2.05, 4.69) is 0 Å². The molecular formula is C21H25NO5S2. The number of rotatable bonds is 5. The number of ether oxygens (including phenoxy) is 1. The Kier molecular flexibility index (Phi) is 5.21. The first-order chi connectivity index (χ1) is 13.7. The third-order valence-corrected chi connectivity index (χ3v) is 10.3. The first-order valence-electron chi connectivity index (χ1n) is 9.72. The Bertz CT molecular complexity index is 1100. The SMILES string of the molecule is COc1ccc(S(=O)(=O)N2C3CCC2CC(S(=O)(=O)c2ccccc2)C3)cc1C. The number of sulfonamides is 1. The van der Waals surface area contributed by atoms with Gasteiger partial charge in [-0.2, -0.15) is 4.31 Å².